The highest BCUT2D eigenvalue weighted by molar-refractivity contribution is 6.33. The smallest absolute Gasteiger partial charge is 0.416 e. The van der Waals surface area contributed by atoms with Crippen LogP contribution in [-0.2, 0) is 28.7 Å². The molecule has 0 saturated carbocycles. The molecule has 16 heteroatoms. The van der Waals surface area contributed by atoms with Crippen LogP contribution in [0.25, 0.3) is 11.2 Å². The second kappa shape index (κ2) is 12.5. The molecule has 1 aromatic carbocycles. The minimum Gasteiger partial charge on any atom is -0.444 e. The number of nitrogens with one attached hydrogen (secondary N) is 1. The van der Waals surface area contributed by atoms with Crippen LogP contribution in [0.2, 0.25) is 5.02 Å². The first-order chi connectivity index (χ1) is 20.5. The maximum atomic E-state index is 13.8. The van der Waals surface area contributed by atoms with E-state index >= 15 is 0 Å². The third-order valence-electron chi connectivity index (χ3n) is 6.74. The van der Waals surface area contributed by atoms with Gasteiger partial charge in [0.15, 0.2) is 11.2 Å². The summed E-state index contributed by atoms with van der Waals surface area (Å²) in [6.45, 7) is 7.24. The number of aromatic nitrogens is 3. The van der Waals surface area contributed by atoms with Gasteiger partial charge in [-0.3, -0.25) is 9.59 Å². The second-order valence-electron chi connectivity index (χ2n) is 11.0. The molecule has 0 radical (unpaired) electrons. The molecule has 1 saturated heterocycles. The molecule has 0 spiro atoms. The topological polar surface area (TPSA) is 110 Å². The van der Waals surface area contributed by atoms with E-state index in [2.05, 4.69) is 15.3 Å². The average molecular weight is 645 g/mol. The summed E-state index contributed by atoms with van der Waals surface area (Å²) < 4.78 is 73.0. The van der Waals surface area contributed by atoms with Gasteiger partial charge in [-0.05, 0) is 45.4 Å². The van der Waals surface area contributed by atoms with Gasteiger partial charge in [0, 0.05) is 31.9 Å². The summed E-state index contributed by atoms with van der Waals surface area (Å²) in [5.74, 6) is -0.730. The van der Waals surface area contributed by atoms with E-state index in [0.29, 0.717) is 11.8 Å². The number of halogens is 6. The zero-order chi connectivity index (χ0) is 32.6. The van der Waals surface area contributed by atoms with Crippen LogP contribution in [0.15, 0.2) is 29.2 Å². The van der Waals surface area contributed by atoms with Crippen molar-refractivity contribution in [3.8, 4) is 0 Å². The summed E-state index contributed by atoms with van der Waals surface area (Å²) >= 11 is 6.00. The monoisotopic (exact) mass is 644 g/mol. The fourth-order valence-electron chi connectivity index (χ4n) is 4.77. The molecule has 1 N–H and O–H groups in total. The van der Waals surface area contributed by atoms with Gasteiger partial charge in [-0.1, -0.05) is 18.5 Å². The van der Waals surface area contributed by atoms with E-state index in [-0.39, 0.29) is 60.2 Å². The van der Waals surface area contributed by atoms with Crippen molar-refractivity contribution < 1.29 is 36.3 Å². The number of ether oxygens (including phenoxy) is 1. The molecule has 4 rings (SSSR count). The third-order valence-corrected chi connectivity index (χ3v) is 7.05. The summed E-state index contributed by atoms with van der Waals surface area (Å²) in [6, 6.07) is 2.45. The minimum atomic E-state index is -4.64. The molecule has 44 heavy (non-hydrogen) atoms. The standard InChI is InChI=1S/C28H30ClF5N6O4/c1-5-19-22(38-8-10-39(11-9-38)26(43)44-27(2,3)4)23(42)21-25(35-13-18(37-21)24(30)31)40(19)14-20(41)36-17-7-6-15(12-16(17)29)28(32,33)34/h6-7,12-13,24H,5,8-11,14H2,1-4H3,(H,36,41). The van der Waals surface area contributed by atoms with E-state index in [1.807, 2.05) is 0 Å². The Kier molecular flexibility index (Phi) is 9.37. The van der Waals surface area contributed by atoms with Gasteiger partial charge in [-0.15, -0.1) is 0 Å². The Morgan fingerprint density at radius 3 is 2.32 bits per heavy atom. The second-order valence-corrected chi connectivity index (χ2v) is 11.4. The van der Waals surface area contributed by atoms with E-state index in [4.69, 9.17) is 16.3 Å². The van der Waals surface area contributed by atoms with Crippen LogP contribution >= 0.6 is 11.6 Å². The summed E-state index contributed by atoms with van der Waals surface area (Å²) in [6.07, 6.45) is -7.15. The summed E-state index contributed by atoms with van der Waals surface area (Å²) in [5.41, 5.74) is -3.23. The zero-order valence-corrected chi connectivity index (χ0v) is 25.0. The molecule has 3 aromatic rings. The maximum absolute atomic E-state index is 13.8. The quantitative estimate of drug-likeness (QED) is 0.345. The third kappa shape index (κ3) is 7.20. The molecule has 2 aromatic heterocycles. The number of piperazine rings is 1. The summed E-state index contributed by atoms with van der Waals surface area (Å²) in [4.78, 5) is 50.6. The number of carbonyl (C=O) groups excluding carboxylic acids is 2. The predicted octanol–water partition coefficient (Wildman–Crippen LogP) is 5.66. The molecule has 0 atom stereocenters. The minimum absolute atomic E-state index is 0.0855. The Labute approximate surface area is 253 Å². The molecule has 0 unspecified atom stereocenters. The van der Waals surface area contributed by atoms with Crippen molar-refractivity contribution in [2.75, 3.05) is 36.4 Å². The zero-order valence-electron chi connectivity index (χ0n) is 24.3. The number of nitrogens with zero attached hydrogens (tertiary/aromatic N) is 5. The van der Waals surface area contributed by atoms with Gasteiger partial charge in [-0.25, -0.2) is 23.5 Å². The van der Waals surface area contributed by atoms with Crippen LogP contribution in [0.3, 0.4) is 0 Å². The van der Waals surface area contributed by atoms with Crippen LogP contribution in [0.5, 0.6) is 0 Å². The van der Waals surface area contributed by atoms with E-state index in [9.17, 15) is 36.3 Å². The van der Waals surface area contributed by atoms with Crippen molar-refractivity contribution in [1.82, 2.24) is 19.4 Å². The number of amides is 2. The van der Waals surface area contributed by atoms with Crippen LogP contribution in [0, 0.1) is 0 Å². The number of alkyl halides is 5. The molecule has 1 fully saturated rings. The Hall–Kier alpha value is -4.01. The number of carbonyl (C=O) groups is 2. The Bertz CT molecular complexity index is 1630. The summed E-state index contributed by atoms with van der Waals surface area (Å²) in [7, 11) is 0. The lowest BCUT2D eigenvalue weighted by Gasteiger charge is -2.37. The maximum Gasteiger partial charge on any atom is 0.416 e. The van der Waals surface area contributed by atoms with Crippen molar-refractivity contribution in [3.05, 3.63) is 56.6 Å². The van der Waals surface area contributed by atoms with Crippen LogP contribution in [-0.4, -0.2) is 63.2 Å². The highest BCUT2D eigenvalue weighted by Gasteiger charge is 2.32. The van der Waals surface area contributed by atoms with E-state index in [1.165, 1.54) is 9.47 Å². The highest BCUT2D eigenvalue weighted by Crippen LogP contribution is 2.34. The number of hydrogen-bond acceptors (Lipinski definition) is 7. The molecule has 1 aliphatic heterocycles. The molecule has 0 aliphatic carbocycles. The van der Waals surface area contributed by atoms with E-state index < -0.39 is 53.4 Å². The molecular formula is C28H30ClF5N6O4. The fourth-order valence-corrected chi connectivity index (χ4v) is 5.00. The lowest BCUT2D eigenvalue weighted by Crippen LogP contribution is -2.51. The van der Waals surface area contributed by atoms with Gasteiger partial charge < -0.3 is 24.4 Å². The van der Waals surface area contributed by atoms with Crippen LogP contribution in [0.4, 0.5) is 38.1 Å². The van der Waals surface area contributed by atoms with Gasteiger partial charge >= 0.3 is 12.3 Å². The fraction of sp³-hybridized carbons (Fsp3) is 0.464. The highest BCUT2D eigenvalue weighted by atomic mass is 35.5. The van der Waals surface area contributed by atoms with Crippen LogP contribution in [0.1, 0.15) is 51.1 Å². The van der Waals surface area contributed by atoms with Gasteiger partial charge in [-0.2, -0.15) is 13.2 Å². The molecule has 10 nitrogen and oxygen atoms in total. The van der Waals surface area contributed by atoms with E-state index in [0.717, 1.165) is 18.3 Å². The normalized spacial score (nSPS) is 14.3. The molecule has 0 bridgehead atoms. The molecule has 1 aliphatic rings. The van der Waals surface area contributed by atoms with Gasteiger partial charge in [0.1, 0.15) is 23.5 Å². The molecular weight excluding hydrogens is 615 g/mol. The Morgan fingerprint density at radius 2 is 1.77 bits per heavy atom. The first-order valence-electron chi connectivity index (χ1n) is 13.6. The number of benzene rings is 1. The van der Waals surface area contributed by atoms with Crippen molar-refractivity contribution in [2.24, 2.45) is 0 Å². The van der Waals surface area contributed by atoms with Crippen molar-refractivity contribution in [3.63, 3.8) is 0 Å². The number of hydrogen-bond donors (Lipinski definition) is 1. The molecule has 238 valence electrons. The number of rotatable bonds is 6. The SMILES string of the molecule is CCc1c(N2CCN(C(=O)OC(C)(C)C)CC2)c(=O)c2nc(C(F)F)cnc2n1CC(=O)Nc1ccc(C(F)(F)F)cc1Cl. The largest absolute Gasteiger partial charge is 0.444 e. The first-order valence-corrected chi connectivity index (χ1v) is 14.0. The Morgan fingerprint density at radius 1 is 1.11 bits per heavy atom. The number of pyridine rings is 1. The van der Waals surface area contributed by atoms with Crippen molar-refractivity contribution in [1.29, 1.82) is 0 Å². The van der Waals surface area contributed by atoms with Gasteiger partial charge in [0.25, 0.3) is 6.43 Å². The molecule has 3 heterocycles. The average Bonchev–Trinajstić information content (AvgIpc) is 2.93. The van der Waals surface area contributed by atoms with Crippen molar-refractivity contribution in [2.45, 2.75) is 58.9 Å². The van der Waals surface area contributed by atoms with Crippen LogP contribution < -0.4 is 15.6 Å². The predicted molar refractivity (Wildman–Crippen MR) is 153 cm³/mol. The lowest BCUT2D eigenvalue weighted by atomic mass is 10.1. The lowest BCUT2D eigenvalue weighted by molar-refractivity contribution is -0.137. The van der Waals surface area contributed by atoms with Crippen molar-refractivity contribution >= 4 is 46.1 Å². The van der Waals surface area contributed by atoms with E-state index in [1.54, 1.807) is 32.6 Å². The Balaban J connectivity index is 1.72. The number of anilines is 2. The number of fused-ring (bicyclic) bond motifs is 1. The summed E-state index contributed by atoms with van der Waals surface area (Å²) in [5, 5.41) is 2.11. The van der Waals surface area contributed by atoms with Gasteiger partial charge in [0.2, 0.25) is 11.3 Å². The van der Waals surface area contributed by atoms with Gasteiger partial charge in [0.05, 0.1) is 22.5 Å². The first kappa shape index (κ1) is 32.9. The molecule has 2 amide bonds.